The van der Waals surface area contributed by atoms with Crippen LogP contribution >= 0.6 is 0 Å². The van der Waals surface area contributed by atoms with Gasteiger partial charge in [0.2, 0.25) is 0 Å². The fraction of sp³-hybridized carbons (Fsp3) is 0.900. The SMILES string of the molecule is [CH2]CC(C)C1CCC2OC2C1. The first-order valence-electron chi connectivity index (χ1n) is 4.76. The molecular weight excluding hydrogens is 136 g/mol. The predicted molar refractivity (Wildman–Crippen MR) is 45.1 cm³/mol. The highest BCUT2D eigenvalue weighted by Crippen LogP contribution is 2.42. The van der Waals surface area contributed by atoms with Crippen molar-refractivity contribution in [2.45, 2.75) is 44.8 Å². The van der Waals surface area contributed by atoms with Crippen molar-refractivity contribution in [3.8, 4) is 0 Å². The average Bonchev–Trinajstić information content (AvgIpc) is 2.80. The lowest BCUT2D eigenvalue weighted by atomic mass is 9.80. The molecule has 1 nitrogen and oxygen atoms in total. The van der Waals surface area contributed by atoms with Gasteiger partial charge in [-0.1, -0.05) is 20.3 Å². The molecule has 1 heterocycles. The topological polar surface area (TPSA) is 12.5 Å². The minimum absolute atomic E-state index is 0.641. The Balaban J connectivity index is 1.84. The van der Waals surface area contributed by atoms with Gasteiger partial charge in [-0.2, -0.15) is 0 Å². The Morgan fingerprint density at radius 3 is 2.91 bits per heavy atom. The van der Waals surface area contributed by atoms with E-state index in [0.717, 1.165) is 18.3 Å². The van der Waals surface area contributed by atoms with E-state index in [1.165, 1.54) is 19.3 Å². The monoisotopic (exact) mass is 153 g/mol. The third kappa shape index (κ3) is 1.44. The van der Waals surface area contributed by atoms with E-state index in [2.05, 4.69) is 13.8 Å². The van der Waals surface area contributed by atoms with Gasteiger partial charge in [-0.3, -0.25) is 0 Å². The van der Waals surface area contributed by atoms with Crippen molar-refractivity contribution in [1.29, 1.82) is 0 Å². The molecule has 0 aromatic heterocycles. The first-order chi connectivity index (χ1) is 5.31. The number of rotatable bonds is 2. The summed E-state index contributed by atoms with van der Waals surface area (Å²) < 4.78 is 5.48. The van der Waals surface area contributed by atoms with Crippen molar-refractivity contribution in [3.63, 3.8) is 0 Å². The largest absolute Gasteiger partial charge is 0.370 e. The van der Waals surface area contributed by atoms with Crippen molar-refractivity contribution in [2.75, 3.05) is 0 Å². The normalized spacial score (nSPS) is 44.7. The fourth-order valence-electron chi connectivity index (χ4n) is 2.19. The summed E-state index contributed by atoms with van der Waals surface area (Å²) >= 11 is 0. The lowest BCUT2D eigenvalue weighted by Gasteiger charge is -2.24. The third-order valence-electron chi connectivity index (χ3n) is 3.30. The molecule has 1 radical (unpaired) electrons. The van der Waals surface area contributed by atoms with Gasteiger partial charge in [0, 0.05) is 0 Å². The molecule has 1 saturated heterocycles. The Bertz CT molecular complexity index is 144. The molecule has 1 heteroatoms. The molecule has 63 valence electrons. The smallest absolute Gasteiger partial charge is 0.0844 e. The molecule has 0 aromatic rings. The minimum atomic E-state index is 0.641. The minimum Gasteiger partial charge on any atom is -0.370 e. The molecule has 0 aromatic carbocycles. The zero-order valence-corrected chi connectivity index (χ0v) is 7.25. The van der Waals surface area contributed by atoms with E-state index >= 15 is 0 Å². The van der Waals surface area contributed by atoms with Crippen LogP contribution in [0.2, 0.25) is 0 Å². The Morgan fingerprint density at radius 2 is 2.27 bits per heavy atom. The highest BCUT2D eigenvalue weighted by molar-refractivity contribution is 4.92. The summed E-state index contributed by atoms with van der Waals surface area (Å²) in [6.45, 7) is 6.28. The molecule has 1 aliphatic heterocycles. The van der Waals surface area contributed by atoms with Crippen molar-refractivity contribution in [3.05, 3.63) is 6.92 Å². The standard InChI is InChI=1S/C10H17O/c1-3-7(2)8-4-5-9-10(6-8)11-9/h7-10H,1,3-6H2,2H3. The van der Waals surface area contributed by atoms with Crippen LogP contribution in [0.1, 0.15) is 32.6 Å². The molecule has 4 unspecified atom stereocenters. The van der Waals surface area contributed by atoms with Gasteiger partial charge in [0.1, 0.15) is 0 Å². The summed E-state index contributed by atoms with van der Waals surface area (Å²) in [5.41, 5.74) is 0. The first-order valence-corrected chi connectivity index (χ1v) is 4.76. The maximum atomic E-state index is 5.48. The average molecular weight is 153 g/mol. The highest BCUT2D eigenvalue weighted by Gasteiger charge is 2.44. The number of ether oxygens (including phenoxy) is 1. The van der Waals surface area contributed by atoms with E-state index in [0.29, 0.717) is 12.2 Å². The summed E-state index contributed by atoms with van der Waals surface area (Å²) in [4.78, 5) is 0. The van der Waals surface area contributed by atoms with Crippen LogP contribution < -0.4 is 0 Å². The zero-order chi connectivity index (χ0) is 7.84. The van der Waals surface area contributed by atoms with Crippen LogP contribution in [0.3, 0.4) is 0 Å². The van der Waals surface area contributed by atoms with Crippen LogP contribution in [0.5, 0.6) is 0 Å². The molecule has 2 aliphatic rings. The van der Waals surface area contributed by atoms with Gasteiger partial charge in [0.15, 0.2) is 0 Å². The molecule has 0 amide bonds. The summed E-state index contributed by atoms with van der Waals surface area (Å²) in [6, 6.07) is 0. The molecule has 2 fully saturated rings. The summed E-state index contributed by atoms with van der Waals surface area (Å²) in [5, 5.41) is 0. The molecule has 2 rings (SSSR count). The van der Waals surface area contributed by atoms with E-state index in [-0.39, 0.29) is 0 Å². The van der Waals surface area contributed by atoms with Gasteiger partial charge in [-0.15, -0.1) is 0 Å². The van der Waals surface area contributed by atoms with Crippen LogP contribution in [0.4, 0.5) is 0 Å². The summed E-state index contributed by atoms with van der Waals surface area (Å²) in [7, 11) is 0. The zero-order valence-electron chi connectivity index (χ0n) is 7.25. The highest BCUT2D eigenvalue weighted by atomic mass is 16.6. The van der Waals surface area contributed by atoms with Gasteiger partial charge >= 0.3 is 0 Å². The van der Waals surface area contributed by atoms with E-state index in [1.54, 1.807) is 0 Å². The van der Waals surface area contributed by atoms with Crippen molar-refractivity contribution in [1.82, 2.24) is 0 Å². The van der Waals surface area contributed by atoms with Gasteiger partial charge in [0.25, 0.3) is 0 Å². The number of epoxide rings is 1. The second-order valence-electron chi connectivity index (χ2n) is 4.05. The molecule has 0 spiro atoms. The summed E-state index contributed by atoms with van der Waals surface area (Å²) in [5.74, 6) is 1.70. The second kappa shape index (κ2) is 2.78. The molecule has 1 aliphatic carbocycles. The van der Waals surface area contributed by atoms with Crippen LogP contribution in [-0.2, 0) is 4.74 Å². The summed E-state index contributed by atoms with van der Waals surface area (Å²) in [6.07, 6.45) is 6.37. The third-order valence-corrected chi connectivity index (χ3v) is 3.30. The van der Waals surface area contributed by atoms with E-state index < -0.39 is 0 Å². The molecule has 11 heavy (non-hydrogen) atoms. The van der Waals surface area contributed by atoms with Gasteiger partial charge in [-0.05, 0) is 31.1 Å². The number of fused-ring (bicyclic) bond motifs is 1. The lowest BCUT2D eigenvalue weighted by molar-refractivity contribution is 0.281. The van der Waals surface area contributed by atoms with E-state index in [4.69, 9.17) is 4.74 Å². The van der Waals surface area contributed by atoms with Crippen molar-refractivity contribution in [2.24, 2.45) is 11.8 Å². The lowest BCUT2D eigenvalue weighted by Crippen LogP contribution is -2.19. The number of hydrogen-bond donors (Lipinski definition) is 0. The maximum absolute atomic E-state index is 5.48. The van der Waals surface area contributed by atoms with Crippen molar-refractivity contribution >= 4 is 0 Å². The van der Waals surface area contributed by atoms with Crippen molar-refractivity contribution < 1.29 is 4.74 Å². The molecule has 0 bridgehead atoms. The Hall–Kier alpha value is -0.0400. The van der Waals surface area contributed by atoms with Crippen LogP contribution in [-0.4, -0.2) is 12.2 Å². The predicted octanol–water partition coefficient (Wildman–Crippen LogP) is 2.41. The Labute approximate surface area is 69.1 Å². The molecule has 4 atom stereocenters. The molecular formula is C10H17O. The quantitative estimate of drug-likeness (QED) is 0.555. The van der Waals surface area contributed by atoms with E-state index in [9.17, 15) is 0 Å². The van der Waals surface area contributed by atoms with Crippen LogP contribution in [0, 0.1) is 18.8 Å². The fourth-order valence-corrected chi connectivity index (χ4v) is 2.19. The first kappa shape index (κ1) is 7.60. The van der Waals surface area contributed by atoms with Gasteiger partial charge < -0.3 is 4.74 Å². The maximum Gasteiger partial charge on any atom is 0.0844 e. The van der Waals surface area contributed by atoms with Crippen LogP contribution in [0.15, 0.2) is 0 Å². The van der Waals surface area contributed by atoms with E-state index in [1.807, 2.05) is 0 Å². The Morgan fingerprint density at radius 1 is 1.45 bits per heavy atom. The molecule has 0 N–H and O–H groups in total. The van der Waals surface area contributed by atoms with Crippen LogP contribution in [0.25, 0.3) is 0 Å². The number of hydrogen-bond acceptors (Lipinski definition) is 1. The Kier molecular flexibility index (Phi) is 1.92. The molecule has 1 saturated carbocycles. The van der Waals surface area contributed by atoms with Gasteiger partial charge in [0.05, 0.1) is 12.2 Å². The van der Waals surface area contributed by atoms with Gasteiger partial charge in [-0.25, -0.2) is 0 Å². The second-order valence-corrected chi connectivity index (χ2v) is 4.05.